The lowest BCUT2D eigenvalue weighted by atomic mass is 10.0. The summed E-state index contributed by atoms with van der Waals surface area (Å²) in [5.41, 5.74) is 4.40. The van der Waals surface area contributed by atoms with E-state index in [1.165, 1.54) is 22.5 Å². The molecule has 1 N–H and O–H groups in total. The third-order valence-electron chi connectivity index (χ3n) is 4.02. The lowest BCUT2D eigenvalue weighted by Gasteiger charge is -2.07. The molecule has 0 aliphatic carbocycles. The second-order valence-corrected chi connectivity index (χ2v) is 7.60. The summed E-state index contributed by atoms with van der Waals surface area (Å²) in [5.74, 6) is 0.209. The third kappa shape index (κ3) is 4.23. The van der Waals surface area contributed by atoms with Gasteiger partial charge in [-0.2, -0.15) is 0 Å². The van der Waals surface area contributed by atoms with Crippen molar-refractivity contribution in [1.29, 1.82) is 0 Å². The monoisotopic (exact) mass is 386 g/mol. The number of para-hydroxylation sites is 1. The predicted octanol–water partition coefficient (Wildman–Crippen LogP) is 5.41. The molecule has 6 heteroatoms. The van der Waals surface area contributed by atoms with Crippen molar-refractivity contribution in [1.82, 2.24) is 4.98 Å². The van der Waals surface area contributed by atoms with Crippen LogP contribution in [0.2, 0.25) is 5.02 Å². The Morgan fingerprint density at radius 3 is 2.65 bits per heavy atom. The van der Waals surface area contributed by atoms with Gasteiger partial charge in [-0.3, -0.25) is 10.1 Å². The van der Waals surface area contributed by atoms with E-state index in [-0.39, 0.29) is 12.5 Å². The molecule has 2 aromatic carbocycles. The zero-order valence-electron chi connectivity index (χ0n) is 14.8. The minimum atomic E-state index is -0.273. The molecule has 1 amide bonds. The highest BCUT2D eigenvalue weighted by atomic mass is 35.5. The summed E-state index contributed by atoms with van der Waals surface area (Å²) in [7, 11) is 0. The van der Waals surface area contributed by atoms with Gasteiger partial charge in [0.2, 0.25) is 0 Å². The van der Waals surface area contributed by atoms with Crippen molar-refractivity contribution >= 4 is 34.0 Å². The number of nitrogens with one attached hydrogen (secondary N) is 1. The molecule has 0 spiro atoms. The summed E-state index contributed by atoms with van der Waals surface area (Å²) in [6.07, 6.45) is 0. The van der Waals surface area contributed by atoms with Gasteiger partial charge in [-0.05, 0) is 50.1 Å². The van der Waals surface area contributed by atoms with E-state index in [1.807, 2.05) is 13.0 Å². The fourth-order valence-electron chi connectivity index (χ4n) is 2.47. The lowest BCUT2D eigenvalue weighted by molar-refractivity contribution is -0.118. The fraction of sp³-hybridized carbons (Fsp3) is 0.200. The zero-order valence-corrected chi connectivity index (χ0v) is 16.4. The van der Waals surface area contributed by atoms with Crippen LogP contribution in [-0.2, 0) is 4.79 Å². The van der Waals surface area contributed by atoms with E-state index in [4.69, 9.17) is 16.3 Å². The number of nitrogens with zero attached hydrogens (tertiary/aromatic N) is 1. The molecule has 0 unspecified atom stereocenters. The maximum Gasteiger partial charge on any atom is 0.264 e. The first-order chi connectivity index (χ1) is 12.4. The third-order valence-corrected chi connectivity index (χ3v) is 5.22. The minimum Gasteiger partial charge on any atom is -0.482 e. The average Bonchev–Trinajstić information content (AvgIpc) is 2.97. The first kappa shape index (κ1) is 18.4. The Balaban J connectivity index is 1.68. The van der Waals surface area contributed by atoms with Crippen molar-refractivity contribution in [2.45, 2.75) is 20.8 Å². The second kappa shape index (κ2) is 7.89. The molecule has 1 heterocycles. The lowest BCUT2D eigenvalue weighted by Crippen LogP contribution is -2.20. The molecule has 3 rings (SSSR count). The number of thiazole rings is 1. The normalized spacial score (nSPS) is 10.6. The Morgan fingerprint density at radius 1 is 1.15 bits per heavy atom. The Bertz CT molecular complexity index is 953. The van der Waals surface area contributed by atoms with Crippen molar-refractivity contribution in [3.8, 4) is 17.0 Å². The molecule has 26 heavy (non-hydrogen) atoms. The Labute approximate surface area is 161 Å². The zero-order chi connectivity index (χ0) is 18.7. The van der Waals surface area contributed by atoms with Crippen molar-refractivity contribution in [2.24, 2.45) is 0 Å². The van der Waals surface area contributed by atoms with Crippen LogP contribution in [0.15, 0.2) is 42.5 Å². The highest BCUT2D eigenvalue weighted by Crippen LogP contribution is 2.31. The fourth-order valence-corrected chi connectivity index (χ4v) is 3.51. The van der Waals surface area contributed by atoms with Crippen LogP contribution >= 0.6 is 22.9 Å². The topological polar surface area (TPSA) is 51.2 Å². The highest BCUT2D eigenvalue weighted by Gasteiger charge is 2.13. The highest BCUT2D eigenvalue weighted by molar-refractivity contribution is 7.16. The van der Waals surface area contributed by atoms with Crippen LogP contribution in [0.4, 0.5) is 5.13 Å². The summed E-state index contributed by atoms with van der Waals surface area (Å²) in [6.45, 7) is 6.03. The number of carbonyl (C=O) groups is 1. The van der Waals surface area contributed by atoms with E-state index in [9.17, 15) is 4.79 Å². The molecule has 0 fully saturated rings. The van der Waals surface area contributed by atoms with Crippen LogP contribution in [-0.4, -0.2) is 17.5 Å². The van der Waals surface area contributed by atoms with Crippen molar-refractivity contribution in [3.63, 3.8) is 0 Å². The molecule has 3 aromatic rings. The van der Waals surface area contributed by atoms with Crippen LogP contribution in [0.5, 0.6) is 5.75 Å². The summed E-state index contributed by atoms with van der Waals surface area (Å²) < 4.78 is 5.45. The van der Waals surface area contributed by atoms with Crippen LogP contribution in [0.1, 0.15) is 16.0 Å². The van der Waals surface area contributed by atoms with Gasteiger partial charge in [-0.1, -0.05) is 35.9 Å². The van der Waals surface area contributed by atoms with Gasteiger partial charge in [0.05, 0.1) is 10.7 Å². The van der Waals surface area contributed by atoms with Crippen molar-refractivity contribution < 1.29 is 9.53 Å². The number of amides is 1. The van der Waals surface area contributed by atoms with Gasteiger partial charge in [-0.15, -0.1) is 11.3 Å². The smallest absolute Gasteiger partial charge is 0.264 e. The Kier molecular flexibility index (Phi) is 5.59. The number of ether oxygens (including phenoxy) is 1. The number of aryl methyl sites for hydroxylation is 3. The minimum absolute atomic E-state index is 0.124. The van der Waals surface area contributed by atoms with E-state index >= 15 is 0 Å². The molecule has 4 nitrogen and oxygen atoms in total. The maximum atomic E-state index is 12.1. The van der Waals surface area contributed by atoms with Gasteiger partial charge in [0.1, 0.15) is 5.75 Å². The molecule has 0 aliphatic heterocycles. The molecule has 1 aromatic heterocycles. The van der Waals surface area contributed by atoms with Crippen LogP contribution in [0.25, 0.3) is 11.3 Å². The SMILES string of the molecule is Cc1ccc(-c2nc(NC(=O)COc3ccccc3Cl)sc2C)cc1C. The first-order valence-corrected chi connectivity index (χ1v) is 9.35. The van der Waals surface area contributed by atoms with E-state index in [2.05, 4.69) is 42.3 Å². The van der Waals surface area contributed by atoms with Crippen molar-refractivity contribution in [3.05, 3.63) is 63.5 Å². The van der Waals surface area contributed by atoms with Gasteiger partial charge in [0.25, 0.3) is 5.91 Å². The van der Waals surface area contributed by atoms with Crippen molar-refractivity contribution in [2.75, 3.05) is 11.9 Å². The number of hydrogen-bond acceptors (Lipinski definition) is 4. The Hall–Kier alpha value is -2.37. The molecule has 0 bridgehead atoms. The average molecular weight is 387 g/mol. The van der Waals surface area contributed by atoms with Crippen LogP contribution in [0.3, 0.4) is 0 Å². The predicted molar refractivity (Wildman–Crippen MR) is 107 cm³/mol. The molecule has 134 valence electrons. The first-order valence-electron chi connectivity index (χ1n) is 8.16. The molecular formula is C20H19ClN2O2S. The van der Waals surface area contributed by atoms with Gasteiger partial charge in [0, 0.05) is 10.4 Å². The maximum absolute atomic E-state index is 12.1. The summed E-state index contributed by atoms with van der Waals surface area (Å²) in [6, 6.07) is 13.3. The van der Waals surface area contributed by atoms with E-state index in [0.717, 1.165) is 16.1 Å². The summed E-state index contributed by atoms with van der Waals surface area (Å²) in [4.78, 5) is 17.8. The summed E-state index contributed by atoms with van der Waals surface area (Å²) in [5, 5.41) is 3.82. The van der Waals surface area contributed by atoms with Gasteiger partial charge >= 0.3 is 0 Å². The van der Waals surface area contributed by atoms with E-state index < -0.39 is 0 Å². The molecular weight excluding hydrogens is 368 g/mol. The Morgan fingerprint density at radius 2 is 1.92 bits per heavy atom. The van der Waals surface area contributed by atoms with E-state index in [0.29, 0.717) is 15.9 Å². The molecule has 0 atom stereocenters. The second-order valence-electron chi connectivity index (χ2n) is 5.99. The standard InChI is InChI=1S/C20H19ClN2O2S/c1-12-8-9-15(10-13(12)2)19-14(3)26-20(23-19)22-18(24)11-25-17-7-5-4-6-16(17)21/h4-10H,11H2,1-3H3,(H,22,23,24). The van der Waals surface area contributed by atoms with Gasteiger partial charge < -0.3 is 4.74 Å². The van der Waals surface area contributed by atoms with Crippen LogP contribution < -0.4 is 10.1 Å². The number of halogens is 1. The largest absolute Gasteiger partial charge is 0.482 e. The molecule has 0 saturated carbocycles. The number of anilines is 1. The quantitative estimate of drug-likeness (QED) is 0.638. The van der Waals surface area contributed by atoms with Crippen LogP contribution in [0, 0.1) is 20.8 Å². The van der Waals surface area contributed by atoms with Gasteiger partial charge in [-0.25, -0.2) is 4.98 Å². The molecule has 0 saturated heterocycles. The number of aromatic nitrogens is 1. The summed E-state index contributed by atoms with van der Waals surface area (Å²) >= 11 is 7.46. The number of carbonyl (C=O) groups excluding carboxylic acids is 1. The molecule has 0 aliphatic rings. The number of rotatable bonds is 5. The number of benzene rings is 2. The van der Waals surface area contributed by atoms with E-state index in [1.54, 1.807) is 18.2 Å². The van der Waals surface area contributed by atoms with Gasteiger partial charge in [0.15, 0.2) is 11.7 Å². The number of hydrogen-bond donors (Lipinski definition) is 1. The molecule has 0 radical (unpaired) electrons.